The van der Waals surface area contributed by atoms with Crippen molar-refractivity contribution < 1.29 is 0 Å². The van der Waals surface area contributed by atoms with E-state index >= 15 is 0 Å². The number of hydrogen-bond donors (Lipinski definition) is 3. The van der Waals surface area contributed by atoms with Crippen LogP contribution in [-0.4, -0.2) is 4.98 Å². The molecular weight excluding hydrogens is 272 g/mol. The van der Waals surface area contributed by atoms with Crippen molar-refractivity contribution in [2.45, 2.75) is 6.17 Å². The minimum Gasteiger partial charge on any atom is -0.383 e. The van der Waals surface area contributed by atoms with E-state index in [1.54, 1.807) is 6.20 Å². The molecule has 3 aromatic rings. The largest absolute Gasteiger partial charge is 0.383 e. The first kappa shape index (κ1) is 14.1. The summed E-state index contributed by atoms with van der Waals surface area (Å²) < 4.78 is 0. The lowest BCUT2D eigenvalue weighted by Crippen LogP contribution is -2.19. The summed E-state index contributed by atoms with van der Waals surface area (Å²) in [6.07, 6.45) is 1.28. The van der Waals surface area contributed by atoms with Crippen molar-refractivity contribution in [3.63, 3.8) is 0 Å². The second-order valence-electron chi connectivity index (χ2n) is 5.00. The summed E-state index contributed by atoms with van der Waals surface area (Å²) in [6, 6.07) is 15.4. The molecule has 1 heterocycles. The van der Waals surface area contributed by atoms with Gasteiger partial charge in [0.25, 0.3) is 0 Å². The Balaban J connectivity index is 2.02. The third-order valence-electron chi connectivity index (χ3n) is 3.46. The Bertz CT molecular complexity index is 871. The van der Waals surface area contributed by atoms with E-state index in [1.165, 1.54) is 0 Å². The van der Waals surface area contributed by atoms with Gasteiger partial charge in [0.2, 0.25) is 0 Å². The van der Waals surface area contributed by atoms with Crippen LogP contribution in [0.2, 0.25) is 0 Å². The first-order chi connectivity index (χ1) is 10.6. The van der Waals surface area contributed by atoms with E-state index in [1.807, 2.05) is 48.5 Å². The molecule has 108 valence electrons. The van der Waals surface area contributed by atoms with Crippen molar-refractivity contribution >= 4 is 16.6 Å². The normalized spacial score (nSPS) is 10.5. The van der Waals surface area contributed by atoms with Crippen LogP contribution in [0.4, 0.5) is 5.82 Å². The molecule has 0 bridgehead atoms. The Morgan fingerprint density at radius 1 is 0.909 bits per heavy atom. The molecule has 1 aromatic heterocycles. The fourth-order valence-corrected chi connectivity index (χ4v) is 2.23. The Hall–Kier alpha value is -2.87. The van der Waals surface area contributed by atoms with Gasteiger partial charge in [0.1, 0.15) is 5.82 Å². The highest BCUT2D eigenvalue weighted by Gasteiger charge is 2.03. The van der Waals surface area contributed by atoms with Crippen LogP contribution in [0.5, 0.6) is 0 Å². The van der Waals surface area contributed by atoms with E-state index in [0.717, 1.165) is 27.5 Å². The third-order valence-corrected chi connectivity index (χ3v) is 3.46. The van der Waals surface area contributed by atoms with E-state index in [-0.39, 0.29) is 0 Å². The number of nitrogens with two attached hydrogens (primary N) is 3. The monoisotopic (exact) mass is 288 g/mol. The zero-order valence-electron chi connectivity index (χ0n) is 12.0. The van der Waals surface area contributed by atoms with E-state index in [0.29, 0.717) is 5.82 Å². The highest BCUT2D eigenvalue weighted by molar-refractivity contribution is 5.90. The van der Waals surface area contributed by atoms with Crippen molar-refractivity contribution in [1.29, 1.82) is 0 Å². The number of aromatic nitrogens is 1. The van der Waals surface area contributed by atoms with Crippen molar-refractivity contribution in [1.82, 2.24) is 4.98 Å². The van der Waals surface area contributed by atoms with Crippen LogP contribution in [-0.2, 0) is 0 Å². The maximum atomic E-state index is 5.97. The van der Waals surface area contributed by atoms with Gasteiger partial charge in [-0.25, -0.2) is 4.98 Å². The molecule has 0 spiro atoms. The highest BCUT2D eigenvalue weighted by Crippen LogP contribution is 2.21. The van der Waals surface area contributed by atoms with Crippen LogP contribution < -0.4 is 17.2 Å². The zero-order valence-corrected chi connectivity index (χ0v) is 12.0. The van der Waals surface area contributed by atoms with Crippen LogP contribution in [0.15, 0.2) is 54.7 Å². The maximum Gasteiger partial charge on any atom is 0.139 e. The van der Waals surface area contributed by atoms with Crippen LogP contribution in [0.25, 0.3) is 10.8 Å². The summed E-state index contributed by atoms with van der Waals surface area (Å²) in [5, 5.41) is 2.02. The average molecular weight is 288 g/mol. The maximum absolute atomic E-state index is 5.97. The molecule has 0 aliphatic carbocycles. The molecule has 4 heteroatoms. The lowest BCUT2D eigenvalue weighted by Gasteiger charge is -2.04. The molecule has 0 fully saturated rings. The zero-order chi connectivity index (χ0) is 15.5. The molecule has 6 N–H and O–H groups in total. The van der Waals surface area contributed by atoms with Gasteiger partial charge in [-0.15, -0.1) is 0 Å². The van der Waals surface area contributed by atoms with Gasteiger partial charge in [-0.2, -0.15) is 0 Å². The van der Waals surface area contributed by atoms with Gasteiger partial charge in [-0.1, -0.05) is 48.2 Å². The Kier molecular flexibility index (Phi) is 3.75. The SMILES string of the molecule is Nc1ncc2ccccc2c1C#Cc1ccc(C(N)N)cc1. The topological polar surface area (TPSA) is 90.9 Å². The number of rotatable bonds is 1. The second-order valence-corrected chi connectivity index (χ2v) is 5.00. The number of fused-ring (bicyclic) bond motifs is 1. The van der Waals surface area contributed by atoms with Crippen molar-refractivity contribution in [2.75, 3.05) is 5.73 Å². The Morgan fingerprint density at radius 2 is 1.64 bits per heavy atom. The van der Waals surface area contributed by atoms with Gasteiger partial charge >= 0.3 is 0 Å². The molecule has 0 aliphatic rings. The van der Waals surface area contributed by atoms with Crippen molar-refractivity contribution in [2.24, 2.45) is 11.5 Å². The Morgan fingerprint density at radius 3 is 2.36 bits per heavy atom. The summed E-state index contributed by atoms with van der Waals surface area (Å²) in [7, 11) is 0. The number of nitrogen functional groups attached to an aromatic ring is 1. The number of hydrogen-bond acceptors (Lipinski definition) is 4. The van der Waals surface area contributed by atoms with E-state index in [9.17, 15) is 0 Å². The number of nitrogens with zero attached hydrogens (tertiary/aromatic N) is 1. The summed E-state index contributed by atoms with van der Waals surface area (Å²) >= 11 is 0. The summed E-state index contributed by atoms with van der Waals surface area (Å²) in [4.78, 5) is 4.20. The first-order valence-electron chi connectivity index (χ1n) is 6.91. The highest BCUT2D eigenvalue weighted by atomic mass is 14.8. The number of anilines is 1. The molecule has 2 aromatic carbocycles. The van der Waals surface area contributed by atoms with Crippen molar-refractivity contribution in [3.05, 3.63) is 71.4 Å². The molecular formula is C18H16N4. The standard InChI is InChI=1S/C18H16N4/c19-17(20)13-8-5-12(6-9-13)7-10-16-15-4-2-1-3-14(15)11-22-18(16)21/h1-6,8-9,11,17H,19-20H2,(H2,21,22). The van der Waals surface area contributed by atoms with E-state index in [2.05, 4.69) is 16.8 Å². The molecule has 3 rings (SSSR count). The van der Waals surface area contributed by atoms with Crippen LogP contribution in [0, 0.1) is 11.8 Å². The number of pyridine rings is 1. The van der Waals surface area contributed by atoms with Gasteiger partial charge in [-0.05, 0) is 17.7 Å². The van der Waals surface area contributed by atoms with Crippen LogP contribution in [0.3, 0.4) is 0 Å². The lowest BCUT2D eigenvalue weighted by atomic mass is 10.1. The minimum atomic E-state index is -0.472. The second kappa shape index (κ2) is 5.86. The molecule has 0 radical (unpaired) electrons. The molecule has 0 aliphatic heterocycles. The van der Waals surface area contributed by atoms with Crippen molar-refractivity contribution in [3.8, 4) is 11.8 Å². The summed E-state index contributed by atoms with van der Waals surface area (Å²) in [6.45, 7) is 0. The molecule has 0 saturated carbocycles. The third kappa shape index (κ3) is 2.77. The van der Waals surface area contributed by atoms with Gasteiger partial charge in [0, 0.05) is 22.5 Å². The van der Waals surface area contributed by atoms with Gasteiger partial charge in [0.15, 0.2) is 0 Å². The van der Waals surface area contributed by atoms with Crippen LogP contribution in [0.1, 0.15) is 22.9 Å². The minimum absolute atomic E-state index is 0.437. The van der Waals surface area contributed by atoms with Gasteiger partial charge < -0.3 is 17.2 Å². The molecule has 0 unspecified atom stereocenters. The smallest absolute Gasteiger partial charge is 0.139 e. The van der Waals surface area contributed by atoms with Crippen LogP contribution >= 0.6 is 0 Å². The molecule has 0 saturated heterocycles. The Labute approximate surface area is 129 Å². The molecule has 4 nitrogen and oxygen atoms in total. The fraction of sp³-hybridized carbons (Fsp3) is 0.0556. The predicted octanol–water partition coefficient (Wildman–Crippen LogP) is 2.13. The fourth-order valence-electron chi connectivity index (χ4n) is 2.23. The van der Waals surface area contributed by atoms with Gasteiger partial charge in [0.05, 0.1) is 11.7 Å². The van der Waals surface area contributed by atoms with Gasteiger partial charge in [-0.3, -0.25) is 0 Å². The van der Waals surface area contributed by atoms with E-state index < -0.39 is 6.17 Å². The first-order valence-corrected chi connectivity index (χ1v) is 6.91. The average Bonchev–Trinajstić information content (AvgIpc) is 2.54. The molecule has 0 atom stereocenters. The summed E-state index contributed by atoms with van der Waals surface area (Å²) in [5.74, 6) is 6.67. The van der Waals surface area contributed by atoms with E-state index in [4.69, 9.17) is 17.2 Å². The lowest BCUT2D eigenvalue weighted by molar-refractivity contribution is 0.774. The predicted molar refractivity (Wildman–Crippen MR) is 89.7 cm³/mol. The quantitative estimate of drug-likeness (QED) is 0.472. The number of benzene rings is 2. The summed E-state index contributed by atoms with van der Waals surface area (Å²) in [5.41, 5.74) is 19.7. The molecule has 22 heavy (non-hydrogen) atoms. The molecule has 0 amide bonds.